The van der Waals surface area contributed by atoms with Gasteiger partial charge in [-0.25, -0.2) is 0 Å². The van der Waals surface area contributed by atoms with Gasteiger partial charge in [0.25, 0.3) is 0 Å². The third-order valence-electron chi connectivity index (χ3n) is 4.12. The lowest BCUT2D eigenvalue weighted by Gasteiger charge is -2.25. The maximum atomic E-state index is 10.1. The number of hydrogen-bond donors (Lipinski definition) is 2. The number of hydrogen-bond acceptors (Lipinski definition) is 4. The normalized spacial score (nSPS) is 19.2. The Morgan fingerprint density at radius 2 is 2.15 bits per heavy atom. The highest BCUT2D eigenvalue weighted by molar-refractivity contribution is 7.10. The second-order valence-electron chi connectivity index (χ2n) is 5.48. The minimum atomic E-state index is -0.575. The lowest BCUT2D eigenvalue weighted by Crippen LogP contribution is -2.30. The van der Waals surface area contributed by atoms with Gasteiger partial charge < -0.3 is 14.8 Å². The molecule has 3 nitrogen and oxygen atoms in total. The third kappa shape index (κ3) is 3.14. The molecule has 3 rings (SSSR count). The van der Waals surface area contributed by atoms with E-state index in [9.17, 15) is 5.11 Å². The van der Waals surface area contributed by atoms with Crippen LogP contribution >= 0.6 is 11.3 Å². The van der Waals surface area contributed by atoms with Crippen molar-refractivity contribution in [2.45, 2.75) is 37.8 Å². The molecule has 1 saturated carbocycles. The third-order valence-corrected chi connectivity index (χ3v) is 5.08. The van der Waals surface area contributed by atoms with Gasteiger partial charge in [0.2, 0.25) is 0 Å². The number of furan rings is 1. The lowest BCUT2D eigenvalue weighted by molar-refractivity contribution is 0.139. The molecule has 2 N–H and O–H groups in total. The minimum Gasteiger partial charge on any atom is -0.467 e. The Hall–Kier alpha value is -1.10. The second kappa shape index (κ2) is 6.57. The quantitative estimate of drug-likeness (QED) is 0.848. The summed E-state index contributed by atoms with van der Waals surface area (Å²) in [6.45, 7) is 0.534. The van der Waals surface area contributed by atoms with Crippen molar-refractivity contribution < 1.29 is 9.52 Å². The fraction of sp³-hybridized carbons (Fsp3) is 0.500. The topological polar surface area (TPSA) is 45.4 Å². The maximum Gasteiger partial charge on any atom is 0.133 e. The molecule has 108 valence electrons. The van der Waals surface area contributed by atoms with Crippen molar-refractivity contribution in [1.82, 2.24) is 5.32 Å². The van der Waals surface area contributed by atoms with Crippen LogP contribution in [-0.2, 0) is 0 Å². The Kier molecular flexibility index (Phi) is 4.55. The molecule has 0 radical (unpaired) electrons. The van der Waals surface area contributed by atoms with E-state index in [-0.39, 0.29) is 0 Å². The van der Waals surface area contributed by atoms with Crippen LogP contribution in [0.15, 0.2) is 40.3 Å². The first-order valence-corrected chi connectivity index (χ1v) is 8.21. The molecule has 4 heteroatoms. The molecule has 2 aromatic heterocycles. The summed E-state index contributed by atoms with van der Waals surface area (Å²) in [5.41, 5.74) is 0. The fourth-order valence-corrected chi connectivity index (χ4v) is 3.97. The van der Waals surface area contributed by atoms with E-state index in [0.29, 0.717) is 24.3 Å². The molecule has 0 aromatic carbocycles. The van der Waals surface area contributed by atoms with Crippen molar-refractivity contribution in [2.24, 2.45) is 5.92 Å². The highest BCUT2D eigenvalue weighted by atomic mass is 32.1. The summed E-state index contributed by atoms with van der Waals surface area (Å²) in [7, 11) is 0. The molecule has 2 unspecified atom stereocenters. The predicted molar refractivity (Wildman–Crippen MR) is 80.7 cm³/mol. The first-order valence-electron chi connectivity index (χ1n) is 7.33. The number of nitrogens with one attached hydrogen (secondary N) is 1. The molecule has 0 bridgehead atoms. The Morgan fingerprint density at radius 3 is 2.80 bits per heavy atom. The van der Waals surface area contributed by atoms with Crippen LogP contribution < -0.4 is 5.32 Å². The van der Waals surface area contributed by atoms with Gasteiger partial charge in [0.15, 0.2) is 0 Å². The highest BCUT2D eigenvalue weighted by Gasteiger charge is 2.27. The Labute approximate surface area is 123 Å². The van der Waals surface area contributed by atoms with Crippen molar-refractivity contribution in [2.75, 3.05) is 6.54 Å². The van der Waals surface area contributed by atoms with Gasteiger partial charge in [-0.15, -0.1) is 11.3 Å². The zero-order valence-electron chi connectivity index (χ0n) is 11.5. The molecule has 0 spiro atoms. The van der Waals surface area contributed by atoms with E-state index in [2.05, 4.69) is 22.8 Å². The monoisotopic (exact) mass is 291 g/mol. The standard InChI is InChI=1S/C16H21NO2S/c18-13(14-7-3-9-19-14)11-17-16(12-5-1-2-6-12)15-8-4-10-20-15/h3-4,7-10,12-13,16-18H,1-2,5-6,11H2. The maximum absolute atomic E-state index is 10.1. The van der Waals surface area contributed by atoms with E-state index >= 15 is 0 Å². The Bertz CT molecular complexity index is 489. The summed E-state index contributed by atoms with van der Waals surface area (Å²) < 4.78 is 5.26. The lowest BCUT2D eigenvalue weighted by atomic mass is 9.96. The fourth-order valence-electron chi connectivity index (χ4n) is 3.08. The first kappa shape index (κ1) is 13.9. The molecule has 1 aliphatic carbocycles. The van der Waals surface area contributed by atoms with Gasteiger partial charge >= 0.3 is 0 Å². The van der Waals surface area contributed by atoms with Crippen molar-refractivity contribution >= 4 is 11.3 Å². The van der Waals surface area contributed by atoms with E-state index < -0.39 is 6.10 Å². The average Bonchev–Trinajstić information content (AvgIpc) is 3.22. The number of aliphatic hydroxyl groups excluding tert-OH is 1. The Morgan fingerprint density at radius 1 is 1.30 bits per heavy atom. The molecular weight excluding hydrogens is 270 g/mol. The van der Waals surface area contributed by atoms with Gasteiger partial charge in [-0.3, -0.25) is 0 Å². The van der Waals surface area contributed by atoms with Crippen LogP contribution in [0, 0.1) is 5.92 Å². The van der Waals surface area contributed by atoms with Gasteiger partial charge in [-0.1, -0.05) is 18.9 Å². The predicted octanol–water partition coefficient (Wildman–Crippen LogP) is 3.90. The molecule has 2 heterocycles. The second-order valence-corrected chi connectivity index (χ2v) is 6.46. The van der Waals surface area contributed by atoms with E-state index in [4.69, 9.17) is 4.42 Å². The molecule has 2 atom stereocenters. The molecule has 0 aliphatic heterocycles. The number of aliphatic hydroxyl groups is 1. The summed E-state index contributed by atoms with van der Waals surface area (Å²) in [5.74, 6) is 1.33. The van der Waals surface area contributed by atoms with Gasteiger partial charge in [-0.05, 0) is 42.3 Å². The first-order chi connectivity index (χ1) is 9.84. The largest absolute Gasteiger partial charge is 0.467 e. The van der Waals surface area contributed by atoms with E-state index in [1.807, 2.05) is 12.1 Å². The SMILES string of the molecule is OC(CNC(c1cccs1)C1CCCC1)c1ccco1. The van der Waals surface area contributed by atoms with Crippen LogP contribution in [-0.4, -0.2) is 11.7 Å². The van der Waals surface area contributed by atoms with Crippen LogP contribution in [0.3, 0.4) is 0 Å². The average molecular weight is 291 g/mol. The number of thiophene rings is 1. The van der Waals surface area contributed by atoms with Gasteiger partial charge in [0, 0.05) is 17.5 Å². The van der Waals surface area contributed by atoms with Crippen molar-refractivity contribution in [1.29, 1.82) is 0 Å². The van der Waals surface area contributed by atoms with Crippen molar-refractivity contribution in [3.8, 4) is 0 Å². The van der Waals surface area contributed by atoms with Crippen LogP contribution in [0.1, 0.15) is 48.5 Å². The zero-order valence-corrected chi connectivity index (χ0v) is 12.3. The molecule has 1 fully saturated rings. The van der Waals surface area contributed by atoms with E-state index in [1.165, 1.54) is 30.6 Å². The molecular formula is C16H21NO2S. The van der Waals surface area contributed by atoms with Crippen LogP contribution in [0.25, 0.3) is 0 Å². The molecule has 2 aromatic rings. The summed E-state index contributed by atoms with van der Waals surface area (Å²) in [5, 5.41) is 15.8. The van der Waals surface area contributed by atoms with E-state index in [0.717, 1.165) is 0 Å². The zero-order chi connectivity index (χ0) is 13.8. The molecule has 1 aliphatic rings. The molecule has 0 amide bonds. The van der Waals surface area contributed by atoms with Crippen LogP contribution in [0.5, 0.6) is 0 Å². The smallest absolute Gasteiger partial charge is 0.133 e. The van der Waals surface area contributed by atoms with Gasteiger partial charge in [-0.2, -0.15) is 0 Å². The Balaban J connectivity index is 1.64. The minimum absolute atomic E-state index is 0.363. The van der Waals surface area contributed by atoms with Gasteiger partial charge in [0.1, 0.15) is 11.9 Å². The summed E-state index contributed by atoms with van der Waals surface area (Å²) in [4.78, 5) is 1.38. The van der Waals surface area contributed by atoms with Crippen LogP contribution in [0.4, 0.5) is 0 Å². The summed E-state index contributed by atoms with van der Waals surface area (Å²) >= 11 is 1.80. The summed E-state index contributed by atoms with van der Waals surface area (Å²) in [6.07, 6.45) is 6.25. The molecule has 0 saturated heterocycles. The van der Waals surface area contributed by atoms with E-state index in [1.54, 1.807) is 17.6 Å². The summed E-state index contributed by atoms with van der Waals surface area (Å²) in [6, 6.07) is 8.29. The number of rotatable bonds is 6. The van der Waals surface area contributed by atoms with Crippen molar-refractivity contribution in [3.05, 3.63) is 46.5 Å². The van der Waals surface area contributed by atoms with Crippen LogP contribution in [0.2, 0.25) is 0 Å². The highest BCUT2D eigenvalue weighted by Crippen LogP contribution is 2.37. The molecule has 20 heavy (non-hydrogen) atoms. The van der Waals surface area contributed by atoms with Gasteiger partial charge in [0.05, 0.1) is 6.26 Å². The van der Waals surface area contributed by atoms with Crippen molar-refractivity contribution in [3.63, 3.8) is 0 Å².